The predicted molar refractivity (Wildman–Crippen MR) is 83.9 cm³/mol. The second kappa shape index (κ2) is 7.17. The summed E-state index contributed by atoms with van der Waals surface area (Å²) in [5.74, 6) is -1.34. The van der Waals surface area contributed by atoms with Crippen molar-refractivity contribution in [1.82, 2.24) is 4.90 Å². The van der Waals surface area contributed by atoms with Crippen LogP contribution in [-0.4, -0.2) is 34.2 Å². The molecular formula is C16H17NO4S. The van der Waals surface area contributed by atoms with E-state index in [4.69, 9.17) is 4.42 Å². The Kier molecular flexibility index (Phi) is 5.27. The number of carbonyl (C=O) groups is 2. The van der Waals surface area contributed by atoms with E-state index < -0.39 is 17.9 Å². The van der Waals surface area contributed by atoms with Crippen LogP contribution >= 0.6 is 11.8 Å². The quantitative estimate of drug-likeness (QED) is 0.828. The molecule has 116 valence electrons. The minimum absolute atomic E-state index is 0.147. The number of amides is 1. The Morgan fingerprint density at radius 1 is 1.23 bits per heavy atom. The molecule has 0 bridgehead atoms. The van der Waals surface area contributed by atoms with Crippen molar-refractivity contribution in [3.8, 4) is 0 Å². The summed E-state index contributed by atoms with van der Waals surface area (Å²) in [4.78, 5) is 25.2. The van der Waals surface area contributed by atoms with E-state index in [1.165, 1.54) is 23.6 Å². The molecule has 5 nitrogen and oxygen atoms in total. The van der Waals surface area contributed by atoms with Crippen LogP contribution in [0.3, 0.4) is 0 Å². The molecule has 0 aliphatic carbocycles. The first kappa shape index (κ1) is 16.2. The van der Waals surface area contributed by atoms with E-state index in [1.54, 1.807) is 12.1 Å². The summed E-state index contributed by atoms with van der Waals surface area (Å²) in [6.45, 7) is 1.70. The van der Waals surface area contributed by atoms with Crippen molar-refractivity contribution in [2.24, 2.45) is 0 Å². The Morgan fingerprint density at radius 3 is 2.45 bits per heavy atom. The van der Waals surface area contributed by atoms with E-state index in [9.17, 15) is 14.7 Å². The topological polar surface area (TPSA) is 70.8 Å². The van der Waals surface area contributed by atoms with Crippen LogP contribution in [0.25, 0.3) is 0 Å². The van der Waals surface area contributed by atoms with Crippen LogP contribution in [-0.2, 0) is 11.3 Å². The molecule has 2 rings (SSSR count). The molecule has 0 radical (unpaired) electrons. The molecule has 0 spiro atoms. The number of carboxylic acid groups (broad SMARTS) is 1. The standard InChI is InChI=1S/C16H17NO4S/c1-11(16(19)20)17(10-12-6-4-3-5-7-12)15(18)13-8-9-14(21-13)22-2/h3-9,11H,10H2,1-2H3,(H,19,20). The van der Waals surface area contributed by atoms with Crippen molar-refractivity contribution in [2.45, 2.75) is 24.6 Å². The Labute approximate surface area is 132 Å². The van der Waals surface area contributed by atoms with Gasteiger partial charge in [-0.05, 0) is 30.9 Å². The van der Waals surface area contributed by atoms with Gasteiger partial charge in [0.1, 0.15) is 6.04 Å². The lowest BCUT2D eigenvalue weighted by Crippen LogP contribution is -2.42. The van der Waals surface area contributed by atoms with Crippen molar-refractivity contribution in [2.75, 3.05) is 6.26 Å². The lowest BCUT2D eigenvalue weighted by atomic mass is 10.1. The molecule has 1 amide bonds. The third-order valence-corrected chi connectivity index (χ3v) is 3.90. The number of aliphatic carboxylic acids is 1. The molecule has 1 aromatic carbocycles. The molecule has 1 N–H and O–H groups in total. The average molecular weight is 319 g/mol. The first-order valence-corrected chi connectivity index (χ1v) is 7.97. The molecule has 1 aromatic heterocycles. The predicted octanol–water partition coefficient (Wildman–Crippen LogP) is 3.12. The van der Waals surface area contributed by atoms with Gasteiger partial charge in [-0.1, -0.05) is 42.1 Å². The maximum Gasteiger partial charge on any atom is 0.326 e. The fourth-order valence-electron chi connectivity index (χ4n) is 1.98. The zero-order valence-corrected chi connectivity index (χ0v) is 13.2. The van der Waals surface area contributed by atoms with E-state index in [0.717, 1.165) is 5.56 Å². The third-order valence-electron chi connectivity index (χ3n) is 3.27. The molecule has 1 atom stereocenters. The fraction of sp³-hybridized carbons (Fsp3) is 0.250. The van der Waals surface area contributed by atoms with Gasteiger partial charge in [0.25, 0.3) is 5.91 Å². The molecule has 1 unspecified atom stereocenters. The molecule has 22 heavy (non-hydrogen) atoms. The van der Waals surface area contributed by atoms with Crippen molar-refractivity contribution >= 4 is 23.6 Å². The average Bonchev–Trinajstić information content (AvgIpc) is 3.01. The zero-order chi connectivity index (χ0) is 16.1. The number of hydrogen-bond donors (Lipinski definition) is 1. The van der Waals surface area contributed by atoms with Crippen LogP contribution in [0.15, 0.2) is 52.0 Å². The first-order chi connectivity index (χ1) is 10.5. The number of hydrogen-bond acceptors (Lipinski definition) is 4. The van der Waals surface area contributed by atoms with E-state index in [0.29, 0.717) is 5.09 Å². The fourth-order valence-corrected chi connectivity index (χ4v) is 2.36. The van der Waals surface area contributed by atoms with Crippen molar-refractivity contribution in [1.29, 1.82) is 0 Å². The molecular weight excluding hydrogens is 302 g/mol. The van der Waals surface area contributed by atoms with Gasteiger partial charge in [0.2, 0.25) is 0 Å². The van der Waals surface area contributed by atoms with Gasteiger partial charge in [0.05, 0.1) is 0 Å². The summed E-state index contributed by atoms with van der Waals surface area (Å²) in [5, 5.41) is 9.87. The Morgan fingerprint density at radius 2 is 1.91 bits per heavy atom. The molecule has 0 saturated carbocycles. The normalized spacial score (nSPS) is 11.9. The van der Waals surface area contributed by atoms with Gasteiger partial charge in [-0.25, -0.2) is 4.79 Å². The van der Waals surface area contributed by atoms with Gasteiger partial charge in [-0.2, -0.15) is 0 Å². The lowest BCUT2D eigenvalue weighted by Gasteiger charge is -2.25. The number of carbonyl (C=O) groups excluding carboxylic acids is 1. The largest absolute Gasteiger partial charge is 0.480 e. The highest BCUT2D eigenvalue weighted by molar-refractivity contribution is 7.98. The van der Waals surface area contributed by atoms with Gasteiger partial charge < -0.3 is 14.4 Å². The van der Waals surface area contributed by atoms with Crippen LogP contribution in [0.4, 0.5) is 0 Å². The number of thioether (sulfide) groups is 1. The van der Waals surface area contributed by atoms with Gasteiger partial charge in [-0.15, -0.1) is 0 Å². The molecule has 1 heterocycles. The zero-order valence-electron chi connectivity index (χ0n) is 12.4. The summed E-state index contributed by atoms with van der Waals surface area (Å²) in [5.41, 5.74) is 0.862. The van der Waals surface area contributed by atoms with Gasteiger partial charge in [-0.3, -0.25) is 4.79 Å². The number of benzene rings is 1. The first-order valence-electron chi connectivity index (χ1n) is 6.74. The van der Waals surface area contributed by atoms with Crippen molar-refractivity contribution in [3.63, 3.8) is 0 Å². The molecule has 0 aliphatic heterocycles. The van der Waals surface area contributed by atoms with Gasteiger partial charge in [0, 0.05) is 6.54 Å². The molecule has 6 heteroatoms. The molecule has 2 aromatic rings. The van der Waals surface area contributed by atoms with E-state index in [-0.39, 0.29) is 12.3 Å². The summed E-state index contributed by atoms with van der Waals surface area (Å²) in [6, 6.07) is 11.6. The highest BCUT2D eigenvalue weighted by Crippen LogP contribution is 2.21. The van der Waals surface area contributed by atoms with Crippen LogP contribution in [0.2, 0.25) is 0 Å². The molecule has 0 fully saturated rings. The van der Waals surface area contributed by atoms with E-state index in [2.05, 4.69) is 0 Å². The van der Waals surface area contributed by atoms with Crippen LogP contribution < -0.4 is 0 Å². The highest BCUT2D eigenvalue weighted by Gasteiger charge is 2.28. The van der Waals surface area contributed by atoms with E-state index >= 15 is 0 Å². The second-order valence-corrected chi connectivity index (χ2v) is 5.57. The minimum atomic E-state index is -1.05. The van der Waals surface area contributed by atoms with Crippen LogP contribution in [0.1, 0.15) is 23.0 Å². The summed E-state index contributed by atoms with van der Waals surface area (Å²) in [7, 11) is 0. The number of furan rings is 1. The monoisotopic (exact) mass is 319 g/mol. The maximum absolute atomic E-state index is 12.6. The van der Waals surface area contributed by atoms with Crippen molar-refractivity contribution in [3.05, 3.63) is 53.8 Å². The van der Waals surface area contributed by atoms with E-state index in [1.807, 2.05) is 36.6 Å². The molecule has 0 saturated heterocycles. The van der Waals surface area contributed by atoms with Gasteiger partial charge >= 0.3 is 5.97 Å². The molecule has 0 aliphatic rings. The lowest BCUT2D eigenvalue weighted by molar-refractivity contribution is -0.141. The van der Waals surface area contributed by atoms with Crippen molar-refractivity contribution < 1.29 is 19.1 Å². The third kappa shape index (κ3) is 3.71. The van der Waals surface area contributed by atoms with Crippen LogP contribution in [0.5, 0.6) is 0 Å². The second-order valence-electron chi connectivity index (χ2n) is 4.76. The number of rotatable bonds is 6. The minimum Gasteiger partial charge on any atom is -0.480 e. The van der Waals surface area contributed by atoms with Crippen LogP contribution in [0, 0.1) is 0 Å². The Hall–Kier alpha value is -2.21. The smallest absolute Gasteiger partial charge is 0.326 e. The maximum atomic E-state index is 12.6. The Balaban J connectivity index is 2.27. The summed E-state index contributed by atoms with van der Waals surface area (Å²) in [6.07, 6.45) is 1.84. The number of carboxylic acids is 1. The number of nitrogens with zero attached hydrogens (tertiary/aromatic N) is 1. The Bertz CT molecular complexity index is 653. The summed E-state index contributed by atoms with van der Waals surface area (Å²) >= 11 is 1.38. The summed E-state index contributed by atoms with van der Waals surface area (Å²) < 4.78 is 5.42. The highest BCUT2D eigenvalue weighted by atomic mass is 32.2. The SMILES string of the molecule is CSc1ccc(C(=O)N(Cc2ccccc2)C(C)C(=O)O)o1. The van der Waals surface area contributed by atoms with Gasteiger partial charge in [0.15, 0.2) is 10.9 Å².